The van der Waals surface area contributed by atoms with Gasteiger partial charge in [-0.15, -0.1) is 0 Å². The van der Waals surface area contributed by atoms with Crippen molar-refractivity contribution >= 4 is 35.6 Å². The number of hydrogen-bond donors (Lipinski definition) is 1. The van der Waals surface area contributed by atoms with E-state index in [1.54, 1.807) is 0 Å². The highest BCUT2D eigenvalue weighted by Gasteiger charge is 2.28. The first-order valence-corrected chi connectivity index (χ1v) is 21.5. The summed E-state index contributed by atoms with van der Waals surface area (Å²) in [6.45, 7) is 4.52. The molecule has 4 nitrogen and oxygen atoms in total. The van der Waals surface area contributed by atoms with Gasteiger partial charge in [0.05, 0.1) is 6.54 Å². The van der Waals surface area contributed by atoms with Crippen LogP contribution in [0.3, 0.4) is 0 Å². The topological polar surface area (TPSA) is 49.1 Å². The van der Waals surface area contributed by atoms with Crippen LogP contribution in [0, 0.1) is 0 Å². The number of nitrogens with zero attached hydrogens (tertiary/aromatic N) is 3. The average Bonchev–Trinajstić information content (AvgIpc) is 3.73. The Kier molecular flexibility index (Phi) is 12.6. The molecule has 304 valence electrons. The summed E-state index contributed by atoms with van der Waals surface area (Å²) in [5.74, 6) is 1.19. The highest BCUT2D eigenvalue weighted by molar-refractivity contribution is 6.15. The zero-order chi connectivity index (χ0) is 42.6. The molecule has 0 bridgehead atoms. The van der Waals surface area contributed by atoms with Gasteiger partial charge in [0.1, 0.15) is 0 Å². The third kappa shape index (κ3) is 9.83. The summed E-state index contributed by atoms with van der Waals surface area (Å²) in [6.07, 6.45) is 17.0. The van der Waals surface area contributed by atoms with Crippen LogP contribution in [0.4, 0.5) is 0 Å². The van der Waals surface area contributed by atoms with Gasteiger partial charge in [-0.05, 0) is 99.1 Å². The smallest absolute Gasteiger partial charge is 0.161 e. The number of nitrogens with one attached hydrogen (secondary N) is 1. The lowest BCUT2D eigenvalue weighted by Gasteiger charge is -2.20. The number of amidine groups is 2. The van der Waals surface area contributed by atoms with E-state index in [4.69, 9.17) is 9.98 Å². The van der Waals surface area contributed by atoms with Crippen LogP contribution in [0.2, 0.25) is 0 Å². The van der Waals surface area contributed by atoms with E-state index in [0.717, 1.165) is 51.8 Å². The van der Waals surface area contributed by atoms with E-state index in [1.165, 1.54) is 39.0 Å². The molecule has 7 aromatic rings. The summed E-state index contributed by atoms with van der Waals surface area (Å²) in [4.78, 5) is 14.9. The molecule has 2 aliphatic rings. The van der Waals surface area contributed by atoms with Crippen molar-refractivity contribution in [3.05, 3.63) is 269 Å². The maximum Gasteiger partial charge on any atom is 0.161 e. The molecule has 0 fully saturated rings. The molecular formula is C59H48N4. The van der Waals surface area contributed by atoms with E-state index in [0.29, 0.717) is 18.2 Å². The second-order valence-electron chi connectivity index (χ2n) is 15.7. The molecule has 0 saturated carbocycles. The van der Waals surface area contributed by atoms with E-state index < -0.39 is 0 Å². The van der Waals surface area contributed by atoms with Gasteiger partial charge in [-0.1, -0.05) is 218 Å². The van der Waals surface area contributed by atoms with Crippen molar-refractivity contribution in [1.29, 1.82) is 0 Å². The van der Waals surface area contributed by atoms with Gasteiger partial charge < -0.3 is 5.32 Å². The summed E-state index contributed by atoms with van der Waals surface area (Å²) in [5.41, 5.74) is 16.3. The quantitative estimate of drug-likeness (QED) is 0.0746. The van der Waals surface area contributed by atoms with Crippen LogP contribution >= 0.6 is 0 Å². The minimum absolute atomic E-state index is 0.171. The van der Waals surface area contributed by atoms with Crippen LogP contribution in [0.25, 0.3) is 39.5 Å². The summed E-state index contributed by atoms with van der Waals surface area (Å²) in [6, 6.07) is 65.5. The minimum Gasteiger partial charge on any atom is -0.384 e. The number of allylic oxidation sites excluding steroid dienone is 6. The Bertz CT molecular complexity index is 2920. The molecule has 0 aromatic heterocycles. The Balaban J connectivity index is 0.934. The fourth-order valence-corrected chi connectivity index (χ4v) is 8.30. The van der Waals surface area contributed by atoms with Crippen molar-refractivity contribution in [2.75, 3.05) is 0 Å². The molecule has 0 aliphatic heterocycles. The Morgan fingerprint density at radius 1 is 0.635 bits per heavy atom. The molecule has 1 N–H and O–H groups in total. The van der Waals surface area contributed by atoms with Crippen LogP contribution in [0.1, 0.15) is 45.4 Å². The van der Waals surface area contributed by atoms with Gasteiger partial charge in [0.25, 0.3) is 0 Å². The first kappa shape index (κ1) is 40.5. The summed E-state index contributed by atoms with van der Waals surface area (Å²) >= 11 is 0. The van der Waals surface area contributed by atoms with E-state index in [2.05, 4.69) is 217 Å². The van der Waals surface area contributed by atoms with Gasteiger partial charge in [-0.3, -0.25) is 4.99 Å². The van der Waals surface area contributed by atoms with Gasteiger partial charge in [-0.25, -0.2) is 9.98 Å². The lowest BCUT2D eigenvalue weighted by molar-refractivity contribution is 0.680. The highest BCUT2D eigenvalue weighted by Crippen LogP contribution is 2.41. The zero-order valence-corrected chi connectivity index (χ0v) is 35.2. The van der Waals surface area contributed by atoms with Crippen molar-refractivity contribution in [3.8, 4) is 22.3 Å². The molecule has 1 unspecified atom stereocenters. The van der Waals surface area contributed by atoms with E-state index in [9.17, 15) is 0 Å². The monoisotopic (exact) mass is 812 g/mol. The van der Waals surface area contributed by atoms with Gasteiger partial charge in [0.15, 0.2) is 11.7 Å². The van der Waals surface area contributed by atoms with Crippen LogP contribution in [-0.2, 0) is 13.0 Å². The lowest BCUT2D eigenvalue weighted by atomic mass is 9.92. The Hall–Kier alpha value is -7.95. The third-order valence-corrected chi connectivity index (χ3v) is 11.5. The number of benzene rings is 7. The molecule has 0 heterocycles. The van der Waals surface area contributed by atoms with Crippen molar-refractivity contribution in [2.45, 2.75) is 25.4 Å². The van der Waals surface area contributed by atoms with Gasteiger partial charge >= 0.3 is 0 Å². The second kappa shape index (κ2) is 19.6. The van der Waals surface area contributed by atoms with Crippen LogP contribution in [-0.4, -0.2) is 24.4 Å². The number of hydrogen-bond acceptors (Lipinski definition) is 2. The maximum absolute atomic E-state index is 5.21. The third-order valence-electron chi connectivity index (χ3n) is 11.5. The van der Waals surface area contributed by atoms with Gasteiger partial charge in [0.2, 0.25) is 0 Å². The molecule has 0 amide bonds. The van der Waals surface area contributed by atoms with Crippen LogP contribution in [0.15, 0.2) is 245 Å². The molecule has 0 radical (unpaired) electrons. The van der Waals surface area contributed by atoms with Crippen molar-refractivity contribution in [1.82, 2.24) is 5.32 Å². The van der Waals surface area contributed by atoms with Gasteiger partial charge in [-0.2, -0.15) is 0 Å². The first-order chi connectivity index (χ1) is 31.2. The average molecular weight is 813 g/mol. The summed E-state index contributed by atoms with van der Waals surface area (Å²) in [5, 5.41) is 3.66. The van der Waals surface area contributed by atoms with Crippen LogP contribution in [0.5, 0.6) is 0 Å². The number of aliphatic imine (C=N–C) groups is 3. The first-order valence-electron chi connectivity index (χ1n) is 21.5. The van der Waals surface area contributed by atoms with Crippen molar-refractivity contribution in [2.24, 2.45) is 15.0 Å². The maximum atomic E-state index is 5.21. The predicted molar refractivity (Wildman–Crippen MR) is 267 cm³/mol. The molecule has 7 aromatic carbocycles. The molecular weight excluding hydrogens is 765 g/mol. The van der Waals surface area contributed by atoms with E-state index in [1.807, 2.05) is 30.3 Å². The van der Waals surface area contributed by atoms with E-state index in [-0.39, 0.29) is 6.04 Å². The molecule has 1 atom stereocenters. The minimum atomic E-state index is 0.171. The number of fused-ring (bicyclic) bond motifs is 2. The molecule has 0 saturated heterocycles. The zero-order valence-electron chi connectivity index (χ0n) is 35.2. The molecule has 4 heteroatoms. The second-order valence-corrected chi connectivity index (χ2v) is 15.7. The van der Waals surface area contributed by atoms with E-state index >= 15 is 0 Å². The van der Waals surface area contributed by atoms with Crippen molar-refractivity contribution in [3.63, 3.8) is 0 Å². The Labute approximate surface area is 371 Å². The highest BCUT2D eigenvalue weighted by atomic mass is 15.0. The molecule has 9 rings (SSSR count). The molecule has 0 spiro atoms. The summed E-state index contributed by atoms with van der Waals surface area (Å²) < 4.78 is 0. The fourth-order valence-electron chi connectivity index (χ4n) is 8.30. The Morgan fingerprint density at radius 2 is 1.27 bits per heavy atom. The fraction of sp³-hybridized carbons (Fsp3) is 0.0678. The van der Waals surface area contributed by atoms with Crippen LogP contribution < -0.4 is 5.32 Å². The molecule has 63 heavy (non-hydrogen) atoms. The number of rotatable bonds is 12. The molecule has 2 aliphatic carbocycles. The lowest BCUT2D eigenvalue weighted by Crippen LogP contribution is -2.24. The predicted octanol–water partition coefficient (Wildman–Crippen LogP) is 13.7. The standard InChI is InChI=1S/C59H48N4/c1-60-59(63-58(62-42-44-17-6-2-7-18-44)52-27-14-25-50(39-52)47-23-12-5-13-24-47)56-29-15-26-51-40-53-41-54(36-37-55(53)57(51)56)61-38-16-28-48(45-19-8-3-9-20-45)33-30-43-31-34-49(35-32-43)46-21-10-4-11-22-46/h2-39,54,61H,1,40-42H2/b33-30-,38-16+,48-28+,62-58?,63-59?. The van der Waals surface area contributed by atoms with Gasteiger partial charge in [0, 0.05) is 17.2 Å². The SMILES string of the molecule is C=NC(=NC(=NCc1ccccc1)c1cccc(-c2ccccc2)c1)c1cccc2c1C1=C(C2)CC(N/C=C/C=C(\C=C/c2ccc(-c3ccccc3)cc2)c2ccccc2)C=C1. The largest absolute Gasteiger partial charge is 0.384 e. The Morgan fingerprint density at radius 3 is 2.00 bits per heavy atom. The summed E-state index contributed by atoms with van der Waals surface area (Å²) in [7, 11) is 0. The van der Waals surface area contributed by atoms with Crippen molar-refractivity contribution < 1.29 is 0 Å². The normalized spacial score (nSPS) is 15.2.